The molecule has 2 rings (SSSR count). The summed E-state index contributed by atoms with van der Waals surface area (Å²) in [5.41, 5.74) is 8.62. The number of hydrogen-bond acceptors (Lipinski definition) is 3. The predicted octanol–water partition coefficient (Wildman–Crippen LogP) is 3.39. The molecule has 1 heterocycles. The van der Waals surface area contributed by atoms with Crippen LogP contribution in [0.2, 0.25) is 0 Å². The monoisotopic (exact) mass is 323 g/mol. The lowest BCUT2D eigenvalue weighted by Gasteiger charge is -2.10. The summed E-state index contributed by atoms with van der Waals surface area (Å²) in [6.45, 7) is 5.43. The van der Waals surface area contributed by atoms with E-state index in [1.807, 2.05) is 28.9 Å². The number of aromatic nitrogens is 2. The van der Waals surface area contributed by atoms with E-state index in [-0.39, 0.29) is 0 Å². The highest BCUT2D eigenvalue weighted by Crippen LogP contribution is 2.26. The molecule has 1 aromatic heterocycles. The average Bonchev–Trinajstić information content (AvgIpc) is 2.74. The van der Waals surface area contributed by atoms with Gasteiger partial charge in [0, 0.05) is 6.54 Å². The lowest BCUT2D eigenvalue weighted by Crippen LogP contribution is -2.07. The molecular weight excluding hydrogens is 306 g/mol. The van der Waals surface area contributed by atoms with Crippen LogP contribution in [-0.2, 0) is 19.6 Å². The number of rotatable bonds is 5. The molecule has 0 atom stereocenters. The van der Waals surface area contributed by atoms with Crippen LogP contribution in [-0.4, -0.2) is 9.78 Å². The molecule has 4 nitrogen and oxygen atoms in total. The Morgan fingerprint density at radius 2 is 2.05 bits per heavy atom. The number of nitrogen functional groups attached to an aromatic ring is 1. The van der Waals surface area contributed by atoms with Crippen molar-refractivity contribution in [3.8, 4) is 5.75 Å². The zero-order valence-corrected chi connectivity index (χ0v) is 12.8. The van der Waals surface area contributed by atoms with Gasteiger partial charge in [-0.1, -0.05) is 19.1 Å². The van der Waals surface area contributed by atoms with Crippen molar-refractivity contribution in [1.82, 2.24) is 9.78 Å². The van der Waals surface area contributed by atoms with Crippen LogP contribution in [0.15, 0.2) is 28.7 Å². The van der Waals surface area contributed by atoms with E-state index in [1.54, 1.807) is 0 Å². The number of nitrogens with zero attached hydrogens (tertiary/aromatic N) is 2. The zero-order valence-electron chi connectivity index (χ0n) is 11.2. The van der Waals surface area contributed by atoms with E-state index in [1.165, 1.54) is 0 Å². The van der Waals surface area contributed by atoms with Gasteiger partial charge < -0.3 is 10.5 Å². The van der Waals surface area contributed by atoms with Gasteiger partial charge in [-0.15, -0.1) is 0 Å². The standard InChI is InChI=1S/C14H18BrN3O/c1-3-11-14(15)12(18(4-2)17-11)9-19-13-8-6-5-7-10(13)16/h5-8H,3-4,9,16H2,1-2H3. The number of anilines is 1. The third kappa shape index (κ3) is 2.92. The third-order valence-corrected chi connectivity index (χ3v) is 3.89. The van der Waals surface area contributed by atoms with E-state index in [9.17, 15) is 0 Å². The first-order chi connectivity index (χ1) is 9.17. The zero-order chi connectivity index (χ0) is 13.8. The fourth-order valence-corrected chi connectivity index (χ4v) is 2.59. The molecule has 5 heteroatoms. The molecule has 0 saturated carbocycles. The molecule has 0 fully saturated rings. The first-order valence-electron chi connectivity index (χ1n) is 6.38. The smallest absolute Gasteiger partial charge is 0.142 e. The maximum absolute atomic E-state index is 5.87. The molecular formula is C14H18BrN3O. The quantitative estimate of drug-likeness (QED) is 0.858. The van der Waals surface area contributed by atoms with Gasteiger partial charge in [-0.2, -0.15) is 5.10 Å². The van der Waals surface area contributed by atoms with Crippen LogP contribution >= 0.6 is 15.9 Å². The topological polar surface area (TPSA) is 53.1 Å². The van der Waals surface area contributed by atoms with Gasteiger partial charge in [0.15, 0.2) is 0 Å². The van der Waals surface area contributed by atoms with E-state index < -0.39 is 0 Å². The van der Waals surface area contributed by atoms with Crippen LogP contribution < -0.4 is 10.5 Å². The molecule has 0 spiro atoms. The lowest BCUT2D eigenvalue weighted by atomic mass is 10.3. The van der Waals surface area contributed by atoms with Crippen LogP contribution in [0.1, 0.15) is 25.2 Å². The van der Waals surface area contributed by atoms with Crippen molar-refractivity contribution < 1.29 is 4.74 Å². The van der Waals surface area contributed by atoms with Crippen LogP contribution in [0.3, 0.4) is 0 Å². The van der Waals surface area contributed by atoms with Crippen molar-refractivity contribution >= 4 is 21.6 Å². The summed E-state index contributed by atoms with van der Waals surface area (Å²) in [6, 6.07) is 7.51. The van der Waals surface area contributed by atoms with Gasteiger partial charge in [0.1, 0.15) is 12.4 Å². The number of hydrogen-bond donors (Lipinski definition) is 1. The van der Waals surface area contributed by atoms with Crippen molar-refractivity contribution in [2.75, 3.05) is 5.73 Å². The van der Waals surface area contributed by atoms with E-state index in [0.717, 1.165) is 28.8 Å². The summed E-state index contributed by atoms with van der Waals surface area (Å²) in [4.78, 5) is 0. The SMILES string of the molecule is CCc1nn(CC)c(COc2ccccc2N)c1Br. The summed E-state index contributed by atoms with van der Waals surface area (Å²) in [6.07, 6.45) is 0.897. The summed E-state index contributed by atoms with van der Waals surface area (Å²) >= 11 is 3.60. The van der Waals surface area contributed by atoms with Crippen LogP contribution in [0, 0.1) is 0 Å². The number of para-hydroxylation sites is 2. The molecule has 0 unspecified atom stereocenters. The fraction of sp³-hybridized carbons (Fsp3) is 0.357. The Morgan fingerprint density at radius 1 is 1.32 bits per heavy atom. The second kappa shape index (κ2) is 6.10. The largest absolute Gasteiger partial charge is 0.485 e. The summed E-state index contributed by atoms with van der Waals surface area (Å²) in [7, 11) is 0. The minimum absolute atomic E-state index is 0.454. The van der Waals surface area contributed by atoms with Crippen molar-refractivity contribution in [2.24, 2.45) is 0 Å². The molecule has 2 N–H and O–H groups in total. The third-order valence-electron chi connectivity index (χ3n) is 2.98. The molecule has 0 bridgehead atoms. The summed E-state index contributed by atoms with van der Waals surface area (Å²) in [5.74, 6) is 0.705. The van der Waals surface area contributed by atoms with Gasteiger partial charge in [-0.25, -0.2) is 0 Å². The first kappa shape index (κ1) is 13.9. The maximum atomic E-state index is 5.87. The van der Waals surface area contributed by atoms with Crippen LogP contribution in [0.4, 0.5) is 5.69 Å². The molecule has 1 aromatic carbocycles. The highest BCUT2D eigenvalue weighted by molar-refractivity contribution is 9.10. The lowest BCUT2D eigenvalue weighted by molar-refractivity contribution is 0.293. The Labute approximate surface area is 121 Å². The van der Waals surface area contributed by atoms with Gasteiger partial charge in [0.05, 0.1) is 21.5 Å². The van der Waals surface area contributed by atoms with Crippen molar-refractivity contribution in [2.45, 2.75) is 33.4 Å². The summed E-state index contributed by atoms with van der Waals surface area (Å²) in [5, 5.41) is 4.54. The molecule has 0 radical (unpaired) electrons. The van der Waals surface area contributed by atoms with Gasteiger partial charge >= 0.3 is 0 Å². The van der Waals surface area contributed by atoms with E-state index in [0.29, 0.717) is 18.0 Å². The highest BCUT2D eigenvalue weighted by atomic mass is 79.9. The molecule has 0 aliphatic rings. The Balaban J connectivity index is 2.20. The van der Waals surface area contributed by atoms with Gasteiger partial charge in [-0.05, 0) is 41.4 Å². The van der Waals surface area contributed by atoms with Gasteiger partial charge in [0.2, 0.25) is 0 Å². The average molecular weight is 324 g/mol. The number of halogens is 1. The van der Waals surface area contributed by atoms with Gasteiger partial charge in [-0.3, -0.25) is 4.68 Å². The Kier molecular flexibility index (Phi) is 4.47. The minimum atomic E-state index is 0.454. The molecule has 0 saturated heterocycles. The van der Waals surface area contributed by atoms with Crippen molar-refractivity contribution in [1.29, 1.82) is 0 Å². The molecule has 0 aliphatic carbocycles. The minimum Gasteiger partial charge on any atom is -0.485 e. The predicted molar refractivity (Wildman–Crippen MR) is 80.2 cm³/mol. The van der Waals surface area contributed by atoms with Crippen molar-refractivity contribution in [3.05, 3.63) is 40.1 Å². The van der Waals surface area contributed by atoms with E-state index in [2.05, 4.69) is 34.9 Å². The fourth-order valence-electron chi connectivity index (χ4n) is 1.91. The van der Waals surface area contributed by atoms with Crippen LogP contribution in [0.25, 0.3) is 0 Å². The molecule has 2 aromatic rings. The first-order valence-corrected chi connectivity index (χ1v) is 7.18. The molecule has 0 amide bonds. The molecule has 102 valence electrons. The highest BCUT2D eigenvalue weighted by Gasteiger charge is 2.14. The number of benzene rings is 1. The molecule has 0 aliphatic heterocycles. The maximum Gasteiger partial charge on any atom is 0.142 e. The normalized spacial score (nSPS) is 10.7. The Bertz CT molecular complexity index is 566. The number of nitrogens with two attached hydrogens (primary N) is 1. The summed E-state index contributed by atoms with van der Waals surface area (Å²) < 4.78 is 8.78. The number of ether oxygens (including phenoxy) is 1. The Hall–Kier alpha value is -1.49. The van der Waals surface area contributed by atoms with E-state index >= 15 is 0 Å². The van der Waals surface area contributed by atoms with Gasteiger partial charge in [0.25, 0.3) is 0 Å². The Morgan fingerprint density at radius 3 is 2.68 bits per heavy atom. The van der Waals surface area contributed by atoms with Crippen LogP contribution in [0.5, 0.6) is 5.75 Å². The van der Waals surface area contributed by atoms with Crippen molar-refractivity contribution in [3.63, 3.8) is 0 Å². The second-order valence-corrected chi connectivity index (χ2v) is 5.00. The number of aryl methyl sites for hydroxylation is 2. The van der Waals surface area contributed by atoms with E-state index in [4.69, 9.17) is 10.5 Å². The molecule has 19 heavy (non-hydrogen) atoms. The second-order valence-electron chi connectivity index (χ2n) is 4.20.